The number of urea groups is 1. The van der Waals surface area contributed by atoms with Crippen LogP contribution in [0.5, 0.6) is 11.5 Å². The summed E-state index contributed by atoms with van der Waals surface area (Å²) >= 11 is 1.68. The van der Waals surface area contributed by atoms with E-state index in [2.05, 4.69) is 52.0 Å². The first-order valence-electron chi connectivity index (χ1n) is 17.2. The number of rotatable bonds is 12. The molecule has 0 bridgehead atoms. The lowest BCUT2D eigenvalue weighted by molar-refractivity contribution is -0.245. The maximum absolute atomic E-state index is 12.7. The third kappa shape index (κ3) is 9.45. The Kier molecular flexibility index (Phi) is 11.6. The number of carbonyl (C=O) groups is 1. The zero-order chi connectivity index (χ0) is 35.5. The number of amides is 2. The van der Waals surface area contributed by atoms with Gasteiger partial charge in [0.05, 0.1) is 23.8 Å². The molecule has 7 rings (SSSR count). The Morgan fingerprint density at radius 3 is 2.25 bits per heavy atom. The number of hydrogen-bond acceptors (Lipinski definition) is 7. The highest BCUT2D eigenvalue weighted by Gasteiger charge is 2.32. The molecule has 0 radical (unpaired) electrons. The molecule has 1 aliphatic heterocycles. The number of para-hydroxylation sites is 1. The highest BCUT2D eigenvalue weighted by Crippen LogP contribution is 2.40. The monoisotopic (exact) mass is 709 g/mol. The highest BCUT2D eigenvalue weighted by atomic mass is 32.2. The minimum absolute atomic E-state index is 0.00356. The number of hydrogen-bond donors (Lipinski definition) is 3. The Balaban J connectivity index is 0.968. The van der Waals surface area contributed by atoms with Gasteiger partial charge in [-0.15, -0.1) is 11.8 Å². The van der Waals surface area contributed by atoms with Crippen LogP contribution in [0, 0.1) is 0 Å². The molecule has 1 aliphatic rings. The molecular weight excluding hydrogens is 671 g/mol. The summed E-state index contributed by atoms with van der Waals surface area (Å²) in [7, 11) is 0. The van der Waals surface area contributed by atoms with E-state index >= 15 is 0 Å². The van der Waals surface area contributed by atoms with Crippen molar-refractivity contribution in [3.63, 3.8) is 0 Å². The first-order chi connectivity index (χ1) is 25.6. The predicted octanol–water partition coefficient (Wildman–Crippen LogP) is 9.69. The lowest BCUT2D eigenvalue weighted by Gasteiger charge is -2.36. The van der Waals surface area contributed by atoms with Crippen LogP contribution in [0.25, 0.3) is 11.1 Å². The van der Waals surface area contributed by atoms with Crippen molar-refractivity contribution in [1.82, 2.24) is 10.3 Å². The molecule has 1 saturated heterocycles. The van der Waals surface area contributed by atoms with Gasteiger partial charge in [0, 0.05) is 36.2 Å². The molecule has 3 N–H and O–H groups in total. The second kappa shape index (κ2) is 17.2. The second-order valence-corrected chi connectivity index (χ2v) is 13.4. The van der Waals surface area contributed by atoms with Gasteiger partial charge in [-0.1, -0.05) is 91.0 Å². The molecule has 3 unspecified atom stereocenters. The molecular formula is C43H39N3O5S. The number of anilines is 1. The minimum atomic E-state index is -0.540. The highest BCUT2D eigenvalue weighted by molar-refractivity contribution is 7.99. The van der Waals surface area contributed by atoms with Crippen molar-refractivity contribution >= 4 is 23.5 Å². The Labute approximate surface area is 307 Å². The van der Waals surface area contributed by atoms with Crippen LogP contribution in [0.3, 0.4) is 0 Å². The Bertz CT molecular complexity index is 2030. The standard InChI is InChI=1S/C43H39N3O5S/c47-28-30-12-14-33(15-13-30)40-26-39(29-52-41-11-4-5-24-44-41)50-42(51-40)34-18-16-32(17-19-34)35-8-6-7-31(25-35)27-45-43(48)46-36-20-22-38(23-21-36)49-37-9-2-1-3-10-37/h1-25,39-40,42,47H,26-29H2,(H2,45,46,48). The van der Waals surface area contributed by atoms with Gasteiger partial charge in [0.1, 0.15) is 11.5 Å². The van der Waals surface area contributed by atoms with Crippen LogP contribution in [-0.4, -0.2) is 28.0 Å². The van der Waals surface area contributed by atoms with Gasteiger partial charge >= 0.3 is 6.03 Å². The van der Waals surface area contributed by atoms with E-state index in [4.69, 9.17) is 14.2 Å². The zero-order valence-electron chi connectivity index (χ0n) is 28.4. The molecule has 3 atom stereocenters. The molecule has 1 fully saturated rings. The van der Waals surface area contributed by atoms with Crippen molar-refractivity contribution in [2.75, 3.05) is 11.1 Å². The van der Waals surface area contributed by atoms with E-state index in [1.807, 2.05) is 109 Å². The summed E-state index contributed by atoms with van der Waals surface area (Å²) in [5.41, 5.74) is 6.58. The average Bonchev–Trinajstić information content (AvgIpc) is 3.21. The summed E-state index contributed by atoms with van der Waals surface area (Å²) in [4.78, 5) is 17.1. The van der Waals surface area contributed by atoms with Crippen molar-refractivity contribution in [2.45, 2.75) is 43.1 Å². The summed E-state index contributed by atoms with van der Waals surface area (Å²) in [6.07, 6.45) is 1.76. The van der Waals surface area contributed by atoms with Gasteiger partial charge in [-0.2, -0.15) is 0 Å². The fourth-order valence-electron chi connectivity index (χ4n) is 5.92. The van der Waals surface area contributed by atoms with E-state index in [1.165, 1.54) is 0 Å². The van der Waals surface area contributed by atoms with Crippen molar-refractivity contribution < 1.29 is 24.1 Å². The van der Waals surface area contributed by atoms with Crippen LogP contribution in [0.1, 0.15) is 41.1 Å². The summed E-state index contributed by atoms with van der Waals surface area (Å²) < 4.78 is 18.9. The zero-order valence-corrected chi connectivity index (χ0v) is 29.2. The minimum Gasteiger partial charge on any atom is -0.457 e. The first kappa shape index (κ1) is 35.0. The van der Waals surface area contributed by atoms with Gasteiger partial charge < -0.3 is 30.0 Å². The van der Waals surface area contributed by atoms with E-state index in [0.29, 0.717) is 24.4 Å². The third-order valence-electron chi connectivity index (χ3n) is 8.66. The van der Waals surface area contributed by atoms with Crippen LogP contribution in [-0.2, 0) is 22.6 Å². The molecule has 52 heavy (non-hydrogen) atoms. The summed E-state index contributed by atoms with van der Waals surface area (Å²) in [6, 6.07) is 46.7. The number of nitrogens with zero attached hydrogens (tertiary/aromatic N) is 1. The van der Waals surface area contributed by atoms with E-state index in [9.17, 15) is 9.90 Å². The number of aliphatic hydroxyl groups is 1. The molecule has 0 saturated carbocycles. The number of ether oxygens (including phenoxy) is 3. The molecule has 8 nitrogen and oxygen atoms in total. The molecule has 2 amide bonds. The van der Waals surface area contributed by atoms with E-state index in [0.717, 1.165) is 49.9 Å². The van der Waals surface area contributed by atoms with Gasteiger partial charge in [-0.05, 0) is 82.4 Å². The van der Waals surface area contributed by atoms with Crippen molar-refractivity contribution in [2.24, 2.45) is 0 Å². The van der Waals surface area contributed by atoms with Gasteiger partial charge in [-0.3, -0.25) is 0 Å². The lowest BCUT2D eigenvalue weighted by Crippen LogP contribution is -2.31. The molecule has 0 spiro atoms. The maximum atomic E-state index is 12.7. The number of thioether (sulfide) groups is 1. The van der Waals surface area contributed by atoms with Crippen molar-refractivity contribution in [3.05, 3.63) is 174 Å². The number of carbonyl (C=O) groups excluding carboxylic acids is 1. The normalized spacial score (nSPS) is 16.9. The van der Waals surface area contributed by atoms with Crippen LogP contribution in [0.2, 0.25) is 0 Å². The lowest BCUT2D eigenvalue weighted by atomic mass is 9.99. The Morgan fingerprint density at radius 1 is 0.750 bits per heavy atom. The van der Waals surface area contributed by atoms with Gasteiger partial charge in [0.2, 0.25) is 0 Å². The largest absolute Gasteiger partial charge is 0.457 e. The third-order valence-corrected chi connectivity index (χ3v) is 9.73. The van der Waals surface area contributed by atoms with Crippen molar-refractivity contribution in [3.8, 4) is 22.6 Å². The number of aliphatic hydroxyl groups excluding tert-OH is 1. The SMILES string of the molecule is O=C(NCc1cccc(-c2ccc(C3OC(CSc4ccccn4)CC(c4ccc(CO)cc4)O3)cc2)c1)Nc1ccc(Oc2ccccc2)cc1. The van der Waals surface area contributed by atoms with E-state index in [1.54, 1.807) is 18.0 Å². The van der Waals surface area contributed by atoms with E-state index < -0.39 is 6.29 Å². The second-order valence-electron chi connectivity index (χ2n) is 12.4. The topological polar surface area (TPSA) is 102 Å². The summed E-state index contributed by atoms with van der Waals surface area (Å²) in [5.74, 6) is 2.19. The fraction of sp³-hybridized carbons (Fsp3) is 0.163. The van der Waals surface area contributed by atoms with Crippen LogP contribution in [0.4, 0.5) is 10.5 Å². The van der Waals surface area contributed by atoms with Crippen LogP contribution >= 0.6 is 11.8 Å². The maximum Gasteiger partial charge on any atom is 0.319 e. The van der Waals surface area contributed by atoms with Gasteiger partial charge in [0.25, 0.3) is 0 Å². The fourth-order valence-corrected chi connectivity index (χ4v) is 6.80. The molecule has 0 aliphatic carbocycles. The molecule has 5 aromatic carbocycles. The molecule has 9 heteroatoms. The number of benzene rings is 5. The number of pyridine rings is 1. The van der Waals surface area contributed by atoms with Crippen molar-refractivity contribution in [1.29, 1.82) is 0 Å². The Morgan fingerprint density at radius 2 is 1.50 bits per heavy atom. The smallest absolute Gasteiger partial charge is 0.319 e. The van der Waals surface area contributed by atoms with Gasteiger partial charge in [-0.25, -0.2) is 9.78 Å². The Hall–Kier alpha value is -5.45. The summed E-state index contributed by atoms with van der Waals surface area (Å²) in [5, 5.41) is 16.3. The molecule has 262 valence electrons. The van der Waals surface area contributed by atoms with Gasteiger partial charge in [0.15, 0.2) is 6.29 Å². The number of aromatic nitrogens is 1. The van der Waals surface area contributed by atoms with Crippen LogP contribution in [0.15, 0.2) is 157 Å². The van der Waals surface area contributed by atoms with E-state index in [-0.39, 0.29) is 24.8 Å². The predicted molar refractivity (Wildman–Crippen MR) is 204 cm³/mol. The van der Waals surface area contributed by atoms with Crippen LogP contribution < -0.4 is 15.4 Å². The summed E-state index contributed by atoms with van der Waals surface area (Å²) in [6.45, 7) is 0.374. The molecule has 2 heterocycles. The number of nitrogens with one attached hydrogen (secondary N) is 2. The molecule has 6 aromatic rings. The first-order valence-corrected chi connectivity index (χ1v) is 18.2. The average molecular weight is 710 g/mol. The quantitative estimate of drug-likeness (QED) is 0.109. The molecule has 1 aromatic heterocycles.